The second-order valence-electron chi connectivity index (χ2n) is 5.27. The second kappa shape index (κ2) is 6.57. The van der Waals surface area contributed by atoms with Crippen LogP contribution in [0, 0.1) is 6.92 Å². The minimum absolute atomic E-state index is 0.0151. The third-order valence-corrected chi connectivity index (χ3v) is 3.36. The first-order valence-corrected chi connectivity index (χ1v) is 6.97. The summed E-state index contributed by atoms with van der Waals surface area (Å²) < 4.78 is 5.49. The summed E-state index contributed by atoms with van der Waals surface area (Å²) in [5, 5.41) is 12.7. The van der Waals surface area contributed by atoms with Crippen LogP contribution in [-0.4, -0.2) is 23.7 Å². The highest BCUT2D eigenvalue weighted by atomic mass is 16.3. The Labute approximate surface area is 118 Å². The van der Waals surface area contributed by atoms with Crippen LogP contribution in [-0.2, 0) is 11.2 Å². The molecule has 1 amide bonds. The number of aliphatic hydroxyl groups is 1. The Hall–Kier alpha value is -1.81. The van der Waals surface area contributed by atoms with Crippen LogP contribution in [0.1, 0.15) is 30.9 Å². The molecule has 0 saturated heterocycles. The Morgan fingerprint density at radius 3 is 3.00 bits per heavy atom. The lowest BCUT2D eigenvalue weighted by Gasteiger charge is -2.12. The van der Waals surface area contributed by atoms with Gasteiger partial charge in [0.2, 0.25) is 5.91 Å². The first kappa shape index (κ1) is 14.6. The molecule has 1 atom stereocenters. The van der Waals surface area contributed by atoms with Crippen molar-refractivity contribution in [2.45, 2.75) is 39.2 Å². The van der Waals surface area contributed by atoms with Gasteiger partial charge in [0.05, 0.1) is 12.7 Å². The van der Waals surface area contributed by atoms with Crippen molar-refractivity contribution in [2.24, 2.45) is 0 Å². The largest absolute Gasteiger partial charge is 0.464 e. The van der Waals surface area contributed by atoms with E-state index in [0.717, 1.165) is 28.5 Å². The van der Waals surface area contributed by atoms with Gasteiger partial charge in [-0.1, -0.05) is 12.1 Å². The summed E-state index contributed by atoms with van der Waals surface area (Å²) in [4.78, 5) is 12.0. The molecule has 2 aromatic rings. The third-order valence-electron chi connectivity index (χ3n) is 3.36. The van der Waals surface area contributed by atoms with Gasteiger partial charge in [0.1, 0.15) is 5.58 Å². The number of furan rings is 1. The van der Waals surface area contributed by atoms with Gasteiger partial charge in [-0.15, -0.1) is 0 Å². The van der Waals surface area contributed by atoms with Crippen molar-refractivity contribution in [3.8, 4) is 0 Å². The van der Waals surface area contributed by atoms with Crippen molar-refractivity contribution < 1.29 is 14.3 Å². The van der Waals surface area contributed by atoms with E-state index in [1.54, 1.807) is 6.26 Å². The molecule has 4 nitrogen and oxygen atoms in total. The maximum absolute atomic E-state index is 12.0. The maximum Gasteiger partial charge on any atom is 0.224 e. The highest BCUT2D eigenvalue weighted by molar-refractivity contribution is 5.88. The molecule has 0 radical (unpaired) electrons. The van der Waals surface area contributed by atoms with E-state index in [0.29, 0.717) is 12.8 Å². The zero-order valence-electron chi connectivity index (χ0n) is 12.0. The molecule has 2 N–H and O–H groups in total. The van der Waals surface area contributed by atoms with Crippen LogP contribution in [0.2, 0.25) is 0 Å². The number of aliphatic hydroxyl groups excluding tert-OH is 1. The summed E-state index contributed by atoms with van der Waals surface area (Å²) in [6.07, 6.45) is 3.46. The van der Waals surface area contributed by atoms with Crippen LogP contribution < -0.4 is 5.32 Å². The van der Waals surface area contributed by atoms with Crippen LogP contribution >= 0.6 is 0 Å². The van der Waals surface area contributed by atoms with Gasteiger partial charge in [-0.3, -0.25) is 4.79 Å². The smallest absolute Gasteiger partial charge is 0.224 e. The number of hydrogen-bond acceptors (Lipinski definition) is 3. The zero-order chi connectivity index (χ0) is 14.5. The topological polar surface area (TPSA) is 62.5 Å². The standard InChI is InChI=1S/C16H21NO3/c1-11-5-6-14-13(10-20-15(14)8-11)9-16(19)17-12(2)4-3-7-18/h5-6,8,10,12,18H,3-4,7,9H2,1-2H3,(H,17,19). The Bertz CT molecular complexity index is 588. The van der Waals surface area contributed by atoms with E-state index in [1.165, 1.54) is 0 Å². The van der Waals surface area contributed by atoms with Crippen LogP contribution in [0.3, 0.4) is 0 Å². The quantitative estimate of drug-likeness (QED) is 0.851. The fourth-order valence-corrected chi connectivity index (χ4v) is 2.30. The molecule has 1 unspecified atom stereocenters. The minimum Gasteiger partial charge on any atom is -0.464 e. The SMILES string of the molecule is Cc1ccc2c(CC(=O)NC(C)CCCO)coc2c1. The molecule has 1 aromatic carbocycles. The van der Waals surface area contributed by atoms with Crippen molar-refractivity contribution in [3.05, 3.63) is 35.6 Å². The molecule has 0 bridgehead atoms. The Balaban J connectivity index is 1.99. The molecule has 1 heterocycles. The van der Waals surface area contributed by atoms with Gasteiger partial charge in [-0.25, -0.2) is 0 Å². The Kier molecular flexibility index (Phi) is 4.79. The van der Waals surface area contributed by atoms with Crippen molar-refractivity contribution in [3.63, 3.8) is 0 Å². The van der Waals surface area contributed by atoms with Gasteiger partial charge in [0.15, 0.2) is 0 Å². The van der Waals surface area contributed by atoms with Gasteiger partial charge >= 0.3 is 0 Å². The molecule has 0 spiro atoms. The molecular formula is C16H21NO3. The number of fused-ring (bicyclic) bond motifs is 1. The van der Waals surface area contributed by atoms with Gasteiger partial charge < -0.3 is 14.8 Å². The van der Waals surface area contributed by atoms with E-state index < -0.39 is 0 Å². The fourth-order valence-electron chi connectivity index (χ4n) is 2.30. The molecule has 20 heavy (non-hydrogen) atoms. The summed E-state index contributed by atoms with van der Waals surface area (Å²) in [6, 6.07) is 6.06. The summed E-state index contributed by atoms with van der Waals surface area (Å²) in [5.41, 5.74) is 2.87. The summed E-state index contributed by atoms with van der Waals surface area (Å²) >= 11 is 0. The normalized spacial score (nSPS) is 12.6. The summed E-state index contributed by atoms with van der Waals surface area (Å²) in [7, 11) is 0. The molecule has 0 aliphatic carbocycles. The van der Waals surface area contributed by atoms with Crippen LogP contribution in [0.15, 0.2) is 28.9 Å². The van der Waals surface area contributed by atoms with Gasteiger partial charge in [-0.05, 0) is 38.3 Å². The van der Waals surface area contributed by atoms with E-state index in [-0.39, 0.29) is 18.6 Å². The fraction of sp³-hybridized carbons (Fsp3) is 0.438. The van der Waals surface area contributed by atoms with Crippen LogP contribution in [0.4, 0.5) is 0 Å². The molecule has 0 saturated carbocycles. The molecule has 0 fully saturated rings. The number of hydrogen-bond donors (Lipinski definition) is 2. The second-order valence-corrected chi connectivity index (χ2v) is 5.27. The lowest BCUT2D eigenvalue weighted by molar-refractivity contribution is -0.121. The predicted molar refractivity (Wildman–Crippen MR) is 78.6 cm³/mol. The zero-order valence-corrected chi connectivity index (χ0v) is 12.0. The molecule has 1 aromatic heterocycles. The number of carbonyl (C=O) groups is 1. The number of carbonyl (C=O) groups excluding carboxylic acids is 1. The first-order valence-electron chi connectivity index (χ1n) is 6.97. The monoisotopic (exact) mass is 275 g/mol. The molecule has 0 aliphatic rings. The third kappa shape index (κ3) is 3.61. The number of aryl methyl sites for hydroxylation is 1. The van der Waals surface area contributed by atoms with Crippen molar-refractivity contribution in [1.82, 2.24) is 5.32 Å². The molecule has 108 valence electrons. The predicted octanol–water partition coefficient (Wildman–Crippen LogP) is 2.56. The lowest BCUT2D eigenvalue weighted by atomic mass is 10.1. The summed E-state index contributed by atoms with van der Waals surface area (Å²) in [6.45, 7) is 4.12. The van der Waals surface area contributed by atoms with E-state index in [4.69, 9.17) is 9.52 Å². The number of rotatable bonds is 6. The molecule has 2 rings (SSSR count). The van der Waals surface area contributed by atoms with Gasteiger partial charge in [-0.2, -0.15) is 0 Å². The van der Waals surface area contributed by atoms with Gasteiger partial charge in [0, 0.05) is 23.6 Å². The highest BCUT2D eigenvalue weighted by Gasteiger charge is 2.12. The number of benzene rings is 1. The van der Waals surface area contributed by atoms with E-state index in [9.17, 15) is 4.79 Å². The maximum atomic E-state index is 12.0. The average Bonchev–Trinajstić information content (AvgIpc) is 2.78. The van der Waals surface area contributed by atoms with Crippen molar-refractivity contribution >= 4 is 16.9 Å². The summed E-state index contributed by atoms with van der Waals surface area (Å²) in [5.74, 6) is -0.0151. The minimum atomic E-state index is -0.0151. The van der Waals surface area contributed by atoms with Crippen molar-refractivity contribution in [1.29, 1.82) is 0 Å². The van der Waals surface area contributed by atoms with E-state index in [2.05, 4.69) is 5.32 Å². The van der Waals surface area contributed by atoms with Crippen molar-refractivity contribution in [2.75, 3.05) is 6.61 Å². The number of amides is 1. The van der Waals surface area contributed by atoms with E-state index >= 15 is 0 Å². The first-order chi connectivity index (χ1) is 9.60. The van der Waals surface area contributed by atoms with Gasteiger partial charge in [0.25, 0.3) is 0 Å². The lowest BCUT2D eigenvalue weighted by Crippen LogP contribution is -2.33. The average molecular weight is 275 g/mol. The highest BCUT2D eigenvalue weighted by Crippen LogP contribution is 2.22. The number of nitrogens with one attached hydrogen (secondary N) is 1. The molecule has 4 heteroatoms. The molecule has 0 aliphatic heterocycles. The van der Waals surface area contributed by atoms with Crippen LogP contribution in [0.25, 0.3) is 11.0 Å². The van der Waals surface area contributed by atoms with Crippen LogP contribution in [0.5, 0.6) is 0 Å². The Morgan fingerprint density at radius 2 is 2.25 bits per heavy atom. The molecular weight excluding hydrogens is 254 g/mol. The van der Waals surface area contributed by atoms with E-state index in [1.807, 2.05) is 32.0 Å². The Morgan fingerprint density at radius 1 is 1.45 bits per heavy atom.